The van der Waals surface area contributed by atoms with E-state index in [0.29, 0.717) is 5.92 Å². The van der Waals surface area contributed by atoms with Crippen LogP contribution in [0, 0.1) is 11.8 Å². The standard InChI is InChI=1S/C24H32N4O/c29-24(27-14-16-28-15-11-21-3-1-2-4-23(21)28)22-7-5-19(6-8-22)17-26-18-20-9-12-25-13-10-20/h1-4,9-10,12-13,19,22,26H,5-8,11,14-18H2,(H,27,29). The predicted molar refractivity (Wildman–Crippen MR) is 117 cm³/mol. The van der Waals surface area contributed by atoms with Gasteiger partial charge < -0.3 is 15.5 Å². The van der Waals surface area contributed by atoms with E-state index < -0.39 is 0 Å². The summed E-state index contributed by atoms with van der Waals surface area (Å²) in [5.41, 5.74) is 4.03. The molecule has 1 fully saturated rings. The Morgan fingerprint density at radius 2 is 1.86 bits per heavy atom. The third-order valence-electron chi connectivity index (χ3n) is 6.39. The van der Waals surface area contributed by atoms with E-state index in [2.05, 4.69) is 56.9 Å². The highest BCUT2D eigenvalue weighted by Gasteiger charge is 2.26. The first kappa shape index (κ1) is 19.9. The minimum Gasteiger partial charge on any atom is -0.369 e. The zero-order valence-corrected chi connectivity index (χ0v) is 17.1. The molecule has 1 aromatic heterocycles. The van der Waals surface area contributed by atoms with Crippen molar-refractivity contribution in [3.63, 3.8) is 0 Å². The normalized spacial score (nSPS) is 21.0. The number of para-hydroxylation sites is 1. The highest BCUT2D eigenvalue weighted by Crippen LogP contribution is 2.29. The Kier molecular flexibility index (Phi) is 6.78. The first-order chi connectivity index (χ1) is 14.3. The molecule has 2 aliphatic rings. The Morgan fingerprint density at radius 1 is 1.07 bits per heavy atom. The smallest absolute Gasteiger partial charge is 0.223 e. The molecule has 0 saturated heterocycles. The lowest BCUT2D eigenvalue weighted by atomic mass is 9.81. The van der Waals surface area contributed by atoms with E-state index in [9.17, 15) is 4.79 Å². The molecule has 1 saturated carbocycles. The zero-order valence-electron chi connectivity index (χ0n) is 17.1. The second-order valence-electron chi connectivity index (χ2n) is 8.36. The molecule has 1 amide bonds. The molecule has 0 unspecified atom stereocenters. The van der Waals surface area contributed by atoms with E-state index in [4.69, 9.17) is 0 Å². The highest BCUT2D eigenvalue weighted by atomic mass is 16.1. The van der Waals surface area contributed by atoms with Crippen molar-refractivity contribution in [1.82, 2.24) is 15.6 Å². The third kappa shape index (κ3) is 5.36. The molecule has 0 atom stereocenters. The van der Waals surface area contributed by atoms with Gasteiger partial charge in [-0.3, -0.25) is 9.78 Å². The number of carbonyl (C=O) groups excluding carboxylic acids is 1. The maximum Gasteiger partial charge on any atom is 0.223 e. The highest BCUT2D eigenvalue weighted by molar-refractivity contribution is 5.78. The summed E-state index contributed by atoms with van der Waals surface area (Å²) in [5.74, 6) is 1.12. The SMILES string of the molecule is O=C(NCCN1CCc2ccccc21)C1CCC(CNCc2ccncc2)CC1. The van der Waals surface area contributed by atoms with Gasteiger partial charge in [-0.05, 0) is 73.9 Å². The van der Waals surface area contributed by atoms with Gasteiger partial charge in [0.2, 0.25) is 5.91 Å². The van der Waals surface area contributed by atoms with Crippen LogP contribution in [-0.4, -0.2) is 37.1 Å². The van der Waals surface area contributed by atoms with Gasteiger partial charge in [0.25, 0.3) is 0 Å². The fraction of sp³-hybridized carbons (Fsp3) is 0.500. The summed E-state index contributed by atoms with van der Waals surface area (Å²) < 4.78 is 0. The van der Waals surface area contributed by atoms with Crippen molar-refractivity contribution in [3.8, 4) is 0 Å². The quantitative estimate of drug-likeness (QED) is 0.725. The Hall–Kier alpha value is -2.40. The number of pyridine rings is 1. The predicted octanol–water partition coefficient (Wildman–Crippen LogP) is 3.16. The number of nitrogens with one attached hydrogen (secondary N) is 2. The van der Waals surface area contributed by atoms with E-state index in [0.717, 1.165) is 64.8 Å². The molecular weight excluding hydrogens is 360 g/mol. The summed E-state index contributed by atoms with van der Waals surface area (Å²) >= 11 is 0. The Labute approximate surface area is 173 Å². The van der Waals surface area contributed by atoms with E-state index in [1.807, 2.05) is 12.4 Å². The second kappa shape index (κ2) is 9.88. The molecule has 0 bridgehead atoms. The van der Waals surface area contributed by atoms with Gasteiger partial charge in [0.15, 0.2) is 0 Å². The summed E-state index contributed by atoms with van der Waals surface area (Å²) in [6.07, 6.45) is 9.10. The van der Waals surface area contributed by atoms with Crippen molar-refractivity contribution in [2.45, 2.75) is 38.6 Å². The second-order valence-corrected chi connectivity index (χ2v) is 8.36. The molecule has 1 aromatic carbocycles. The van der Waals surface area contributed by atoms with Crippen molar-refractivity contribution in [2.24, 2.45) is 11.8 Å². The Morgan fingerprint density at radius 3 is 2.69 bits per heavy atom. The van der Waals surface area contributed by atoms with Gasteiger partial charge >= 0.3 is 0 Å². The summed E-state index contributed by atoms with van der Waals surface area (Å²) in [6, 6.07) is 12.7. The number of carbonyl (C=O) groups is 1. The van der Waals surface area contributed by atoms with Crippen LogP contribution in [0.2, 0.25) is 0 Å². The lowest BCUT2D eigenvalue weighted by Gasteiger charge is -2.28. The van der Waals surface area contributed by atoms with Crippen molar-refractivity contribution in [1.29, 1.82) is 0 Å². The first-order valence-electron chi connectivity index (χ1n) is 11.0. The van der Waals surface area contributed by atoms with E-state index in [1.54, 1.807) is 0 Å². The fourth-order valence-electron chi connectivity index (χ4n) is 4.65. The number of benzene rings is 1. The van der Waals surface area contributed by atoms with Crippen LogP contribution in [-0.2, 0) is 17.8 Å². The minimum absolute atomic E-state index is 0.192. The van der Waals surface area contributed by atoms with Crippen LogP contribution in [0.5, 0.6) is 0 Å². The maximum atomic E-state index is 12.6. The molecule has 2 N–H and O–H groups in total. The monoisotopic (exact) mass is 392 g/mol. The summed E-state index contributed by atoms with van der Waals surface area (Å²) in [4.78, 5) is 19.0. The molecular formula is C24H32N4O. The molecule has 1 aliphatic carbocycles. The topological polar surface area (TPSA) is 57.3 Å². The van der Waals surface area contributed by atoms with Gasteiger partial charge in [0.05, 0.1) is 0 Å². The van der Waals surface area contributed by atoms with E-state index >= 15 is 0 Å². The average Bonchev–Trinajstić information content (AvgIpc) is 3.18. The van der Waals surface area contributed by atoms with Crippen LogP contribution in [0.25, 0.3) is 0 Å². The molecule has 2 heterocycles. The van der Waals surface area contributed by atoms with Gasteiger partial charge in [0, 0.05) is 50.2 Å². The molecule has 0 spiro atoms. The average molecular weight is 393 g/mol. The molecule has 5 nitrogen and oxygen atoms in total. The third-order valence-corrected chi connectivity index (χ3v) is 6.39. The maximum absolute atomic E-state index is 12.6. The summed E-state index contributed by atoms with van der Waals surface area (Å²) in [7, 11) is 0. The molecule has 2 aromatic rings. The molecule has 5 heteroatoms. The molecule has 29 heavy (non-hydrogen) atoms. The number of fused-ring (bicyclic) bond motifs is 1. The number of amides is 1. The number of hydrogen-bond acceptors (Lipinski definition) is 4. The van der Waals surface area contributed by atoms with Crippen LogP contribution < -0.4 is 15.5 Å². The summed E-state index contributed by atoms with van der Waals surface area (Å²) in [5, 5.41) is 6.74. The van der Waals surface area contributed by atoms with Crippen LogP contribution in [0.4, 0.5) is 5.69 Å². The number of nitrogens with zero attached hydrogens (tertiary/aromatic N) is 2. The van der Waals surface area contributed by atoms with Crippen molar-refractivity contribution >= 4 is 11.6 Å². The number of aromatic nitrogens is 1. The Bertz CT molecular complexity index is 786. The molecule has 1 aliphatic heterocycles. The minimum atomic E-state index is 0.192. The number of anilines is 1. The lowest BCUT2D eigenvalue weighted by molar-refractivity contribution is -0.126. The molecule has 4 rings (SSSR count). The van der Waals surface area contributed by atoms with Crippen LogP contribution in [0.3, 0.4) is 0 Å². The number of hydrogen-bond donors (Lipinski definition) is 2. The van der Waals surface area contributed by atoms with E-state index in [1.165, 1.54) is 16.8 Å². The lowest BCUT2D eigenvalue weighted by Crippen LogP contribution is -2.39. The van der Waals surface area contributed by atoms with Gasteiger partial charge in [-0.25, -0.2) is 0 Å². The van der Waals surface area contributed by atoms with Crippen LogP contribution >= 0.6 is 0 Å². The van der Waals surface area contributed by atoms with Crippen LogP contribution in [0.1, 0.15) is 36.8 Å². The van der Waals surface area contributed by atoms with Gasteiger partial charge in [-0.1, -0.05) is 18.2 Å². The van der Waals surface area contributed by atoms with Gasteiger partial charge in [-0.15, -0.1) is 0 Å². The van der Waals surface area contributed by atoms with Crippen molar-refractivity contribution in [3.05, 3.63) is 59.9 Å². The molecule has 0 radical (unpaired) electrons. The first-order valence-corrected chi connectivity index (χ1v) is 11.0. The van der Waals surface area contributed by atoms with Crippen molar-refractivity contribution in [2.75, 3.05) is 31.1 Å². The van der Waals surface area contributed by atoms with E-state index in [-0.39, 0.29) is 11.8 Å². The molecule has 154 valence electrons. The summed E-state index contributed by atoms with van der Waals surface area (Å²) in [6.45, 7) is 4.62. The number of rotatable bonds is 8. The van der Waals surface area contributed by atoms with Gasteiger partial charge in [-0.2, -0.15) is 0 Å². The Balaban J connectivity index is 1.12. The van der Waals surface area contributed by atoms with Crippen molar-refractivity contribution < 1.29 is 4.79 Å². The zero-order chi connectivity index (χ0) is 19.9. The fourth-order valence-corrected chi connectivity index (χ4v) is 4.65. The largest absolute Gasteiger partial charge is 0.369 e. The van der Waals surface area contributed by atoms with Gasteiger partial charge in [0.1, 0.15) is 0 Å². The van der Waals surface area contributed by atoms with Crippen LogP contribution in [0.15, 0.2) is 48.8 Å².